The average Bonchev–Trinajstić information content (AvgIpc) is 2.82. The molecule has 1 N–H and O–H groups in total. The molecule has 2 aliphatic rings. The molecule has 3 rings (SSSR count). The Hall–Kier alpha value is -1.13. The normalized spacial score (nSPS) is 25.0. The van der Waals surface area contributed by atoms with Crippen LogP contribution < -0.4 is 15.1 Å². The zero-order valence-electron chi connectivity index (χ0n) is 16.9. The zero-order chi connectivity index (χ0) is 20.0. The van der Waals surface area contributed by atoms with Crippen molar-refractivity contribution in [3.8, 4) is 0 Å². The summed E-state index contributed by atoms with van der Waals surface area (Å²) in [5.74, 6) is 0. The Morgan fingerprint density at radius 1 is 1.15 bits per heavy atom. The van der Waals surface area contributed by atoms with Crippen molar-refractivity contribution < 1.29 is 22.5 Å². The minimum Gasteiger partial charge on any atom is -0.399 e. The molecular formula is C18H29BN2O5S. The Balaban J connectivity index is 2.06. The third kappa shape index (κ3) is 3.89. The summed E-state index contributed by atoms with van der Waals surface area (Å²) in [6.07, 6.45) is 0. The number of benzene rings is 1. The first-order chi connectivity index (χ1) is 12.5. The fraction of sp³-hybridized carbons (Fsp3) is 0.667. The summed E-state index contributed by atoms with van der Waals surface area (Å²) in [7, 11) is -2.82. The highest BCUT2D eigenvalue weighted by atomic mass is 32.2. The summed E-state index contributed by atoms with van der Waals surface area (Å²) >= 11 is 0. The lowest BCUT2D eigenvalue weighted by atomic mass is 9.79. The predicted octanol–water partition coefficient (Wildman–Crippen LogP) is 1.12. The van der Waals surface area contributed by atoms with Crippen LogP contribution in [0.3, 0.4) is 0 Å². The van der Waals surface area contributed by atoms with Gasteiger partial charge in [0.05, 0.1) is 29.3 Å². The Kier molecular flexibility index (Phi) is 5.37. The minimum absolute atomic E-state index is 0.150. The number of nitrogens with zero attached hydrogens (tertiary/aromatic N) is 1. The fourth-order valence-electron chi connectivity index (χ4n) is 3.27. The van der Waals surface area contributed by atoms with Crippen molar-refractivity contribution in [3.05, 3.63) is 18.2 Å². The summed E-state index contributed by atoms with van der Waals surface area (Å²) in [5.41, 5.74) is 0.523. The largest absolute Gasteiger partial charge is 0.494 e. The van der Waals surface area contributed by atoms with Crippen LogP contribution in [0, 0.1) is 0 Å². The van der Waals surface area contributed by atoms with Gasteiger partial charge in [-0.05, 0) is 65.3 Å². The lowest BCUT2D eigenvalue weighted by Gasteiger charge is -2.35. The molecule has 0 radical (unpaired) electrons. The van der Waals surface area contributed by atoms with Gasteiger partial charge in [0.2, 0.25) is 10.0 Å². The first kappa shape index (κ1) is 20.6. The van der Waals surface area contributed by atoms with Crippen molar-refractivity contribution in [2.24, 2.45) is 0 Å². The van der Waals surface area contributed by atoms with Crippen molar-refractivity contribution >= 4 is 28.3 Å². The van der Waals surface area contributed by atoms with Crippen LogP contribution in [-0.4, -0.2) is 59.6 Å². The lowest BCUT2D eigenvalue weighted by Crippen LogP contribution is -2.44. The van der Waals surface area contributed by atoms with Gasteiger partial charge in [-0.3, -0.25) is 0 Å². The van der Waals surface area contributed by atoms with Gasteiger partial charge in [-0.1, -0.05) is 0 Å². The van der Waals surface area contributed by atoms with Crippen molar-refractivity contribution in [2.45, 2.75) is 56.8 Å². The Morgan fingerprint density at radius 2 is 1.78 bits per heavy atom. The molecule has 7 nitrogen and oxygen atoms in total. The Morgan fingerprint density at radius 3 is 2.33 bits per heavy atom. The van der Waals surface area contributed by atoms with E-state index in [1.807, 2.05) is 33.8 Å². The molecule has 0 aromatic heterocycles. The van der Waals surface area contributed by atoms with Crippen LogP contribution in [0.2, 0.25) is 0 Å². The molecule has 2 saturated heterocycles. The molecule has 150 valence electrons. The second kappa shape index (κ2) is 7.04. The maximum atomic E-state index is 12.5. The molecule has 27 heavy (non-hydrogen) atoms. The van der Waals surface area contributed by atoms with Crippen LogP contribution in [0.5, 0.6) is 0 Å². The highest BCUT2D eigenvalue weighted by Crippen LogP contribution is 2.37. The van der Waals surface area contributed by atoms with E-state index < -0.39 is 28.3 Å². The summed E-state index contributed by atoms with van der Waals surface area (Å²) in [4.78, 5) is 2.36. The van der Waals surface area contributed by atoms with Crippen molar-refractivity contribution in [1.82, 2.24) is 4.72 Å². The molecular weight excluding hydrogens is 367 g/mol. The number of ether oxygens (including phenoxy) is 1. The van der Waals surface area contributed by atoms with Crippen LogP contribution in [-0.2, 0) is 24.1 Å². The van der Waals surface area contributed by atoms with Gasteiger partial charge in [0.25, 0.3) is 0 Å². The molecule has 1 aromatic carbocycles. The van der Waals surface area contributed by atoms with Gasteiger partial charge < -0.3 is 18.9 Å². The fourth-order valence-corrected chi connectivity index (χ4v) is 4.07. The van der Waals surface area contributed by atoms with Crippen LogP contribution in [0.25, 0.3) is 0 Å². The quantitative estimate of drug-likeness (QED) is 0.769. The van der Waals surface area contributed by atoms with E-state index in [0.717, 1.165) is 5.69 Å². The Labute approximate surface area is 162 Å². The lowest BCUT2D eigenvalue weighted by molar-refractivity contribution is 0.00578. The van der Waals surface area contributed by atoms with Gasteiger partial charge >= 0.3 is 7.12 Å². The third-order valence-electron chi connectivity index (χ3n) is 5.72. The molecule has 2 fully saturated rings. The molecule has 0 unspecified atom stereocenters. The molecule has 2 aliphatic heterocycles. The number of hydrogen-bond donors (Lipinski definition) is 1. The zero-order valence-corrected chi connectivity index (χ0v) is 17.7. The molecule has 0 spiro atoms. The number of morpholine rings is 1. The molecule has 0 saturated carbocycles. The van der Waals surface area contributed by atoms with Crippen molar-refractivity contribution in [1.29, 1.82) is 0 Å². The first-order valence-corrected chi connectivity index (χ1v) is 10.7. The third-order valence-corrected chi connectivity index (χ3v) is 7.11. The monoisotopic (exact) mass is 396 g/mol. The topological polar surface area (TPSA) is 77.1 Å². The highest BCUT2D eigenvalue weighted by molar-refractivity contribution is 7.89. The van der Waals surface area contributed by atoms with E-state index in [2.05, 4.69) is 16.5 Å². The van der Waals surface area contributed by atoms with Crippen LogP contribution >= 0.6 is 0 Å². The molecule has 9 heteroatoms. The van der Waals surface area contributed by atoms with Crippen LogP contribution in [0.4, 0.5) is 5.69 Å². The minimum atomic E-state index is -3.61. The van der Waals surface area contributed by atoms with Gasteiger partial charge in [-0.15, -0.1) is 0 Å². The molecule has 0 amide bonds. The van der Waals surface area contributed by atoms with E-state index in [1.165, 1.54) is 7.05 Å². The first-order valence-electron chi connectivity index (χ1n) is 9.25. The van der Waals surface area contributed by atoms with E-state index in [-0.39, 0.29) is 10.9 Å². The number of hydrogen-bond acceptors (Lipinski definition) is 6. The van der Waals surface area contributed by atoms with E-state index in [4.69, 9.17) is 14.0 Å². The average molecular weight is 396 g/mol. The summed E-state index contributed by atoms with van der Waals surface area (Å²) in [5, 5.41) is 0. The number of sulfonamides is 1. The van der Waals surface area contributed by atoms with Gasteiger partial charge in [-0.25, -0.2) is 13.1 Å². The van der Waals surface area contributed by atoms with E-state index >= 15 is 0 Å². The Bertz CT molecular complexity index is 796. The second-order valence-electron chi connectivity index (χ2n) is 8.17. The summed E-state index contributed by atoms with van der Waals surface area (Å²) < 4.78 is 45.2. The van der Waals surface area contributed by atoms with Crippen molar-refractivity contribution in [3.63, 3.8) is 0 Å². The standard InChI is InChI=1S/C18H29BN2O5S/c1-13-12-24-8-7-21(13)15-9-14(10-16(11-15)27(22,23)20-6)19-25-17(2,3)18(4,5)26-19/h9-11,13,20H,7-8,12H2,1-6H3/t13-/m1/s1. The maximum Gasteiger partial charge on any atom is 0.494 e. The molecule has 1 atom stereocenters. The highest BCUT2D eigenvalue weighted by Gasteiger charge is 2.52. The van der Waals surface area contributed by atoms with Crippen LogP contribution in [0.1, 0.15) is 34.6 Å². The molecule has 0 aliphatic carbocycles. The summed E-state index contributed by atoms with van der Waals surface area (Å²) in [6.45, 7) is 11.9. The maximum absolute atomic E-state index is 12.5. The predicted molar refractivity (Wildman–Crippen MR) is 106 cm³/mol. The number of rotatable bonds is 4. The SMILES string of the molecule is CNS(=O)(=O)c1cc(B2OC(C)(C)C(C)(C)O2)cc(N2CCOC[C@H]2C)c1. The number of nitrogens with one attached hydrogen (secondary N) is 1. The van der Waals surface area contributed by atoms with Gasteiger partial charge in [0.15, 0.2) is 0 Å². The second-order valence-corrected chi connectivity index (χ2v) is 10.1. The van der Waals surface area contributed by atoms with E-state index in [0.29, 0.717) is 25.2 Å². The van der Waals surface area contributed by atoms with E-state index in [9.17, 15) is 8.42 Å². The summed E-state index contributed by atoms with van der Waals surface area (Å²) in [6, 6.07) is 5.43. The van der Waals surface area contributed by atoms with Gasteiger partial charge in [0.1, 0.15) is 0 Å². The van der Waals surface area contributed by atoms with Crippen LogP contribution in [0.15, 0.2) is 23.1 Å². The number of anilines is 1. The molecule has 1 aromatic rings. The molecule has 0 bridgehead atoms. The van der Waals surface area contributed by atoms with Gasteiger partial charge in [-0.2, -0.15) is 0 Å². The van der Waals surface area contributed by atoms with Crippen molar-refractivity contribution in [2.75, 3.05) is 31.7 Å². The molecule has 2 heterocycles. The van der Waals surface area contributed by atoms with Gasteiger partial charge in [0, 0.05) is 18.3 Å². The van der Waals surface area contributed by atoms with E-state index in [1.54, 1.807) is 12.1 Å². The smallest absolute Gasteiger partial charge is 0.399 e.